The van der Waals surface area contributed by atoms with Crippen LogP contribution in [0.2, 0.25) is 5.02 Å². The summed E-state index contributed by atoms with van der Waals surface area (Å²) in [6, 6.07) is 20.2. The molecule has 0 bridgehead atoms. The highest BCUT2D eigenvalue weighted by Crippen LogP contribution is 2.31. The fourth-order valence-corrected chi connectivity index (χ4v) is 5.75. The number of carbonyl (C=O) groups is 2. The van der Waals surface area contributed by atoms with Crippen LogP contribution in [0.5, 0.6) is 0 Å². The average Bonchev–Trinajstić information content (AvgIpc) is 2.90. The van der Waals surface area contributed by atoms with E-state index in [2.05, 4.69) is 5.32 Å². The predicted octanol–water partition coefficient (Wildman–Crippen LogP) is 4.75. The lowest BCUT2D eigenvalue weighted by molar-refractivity contribution is -0.138. The molecule has 0 fully saturated rings. The molecule has 1 N–H and O–H groups in total. The van der Waals surface area contributed by atoms with E-state index in [4.69, 9.17) is 11.6 Å². The van der Waals surface area contributed by atoms with Crippen LogP contribution in [0.4, 0.5) is 5.69 Å². The Labute approximate surface area is 230 Å². The molecule has 0 saturated carbocycles. The van der Waals surface area contributed by atoms with Gasteiger partial charge in [0.25, 0.3) is 10.0 Å². The molecule has 0 radical (unpaired) electrons. The number of nitrogens with one attached hydrogen (secondary N) is 1. The van der Waals surface area contributed by atoms with Crippen molar-refractivity contribution >= 4 is 39.1 Å². The molecule has 0 aliphatic rings. The predicted molar refractivity (Wildman–Crippen MR) is 152 cm³/mol. The van der Waals surface area contributed by atoms with Crippen molar-refractivity contribution in [1.82, 2.24) is 10.2 Å². The van der Waals surface area contributed by atoms with Gasteiger partial charge in [0.2, 0.25) is 11.8 Å². The van der Waals surface area contributed by atoms with E-state index in [-0.39, 0.29) is 17.3 Å². The zero-order chi connectivity index (χ0) is 27.9. The SMILES string of the molecule is CCNC(=O)C(C)N(CCc1ccccc1)C(=O)CN(c1cccc(Cl)c1C)S(=O)(=O)c1ccc(C)cc1. The minimum absolute atomic E-state index is 0.0582. The molecular weight excluding hydrogens is 522 g/mol. The second kappa shape index (κ2) is 12.9. The molecule has 9 heteroatoms. The van der Waals surface area contributed by atoms with Gasteiger partial charge < -0.3 is 10.2 Å². The first-order valence-corrected chi connectivity index (χ1v) is 14.3. The van der Waals surface area contributed by atoms with Crippen LogP contribution in [0.3, 0.4) is 0 Å². The van der Waals surface area contributed by atoms with Crippen LogP contribution in [0.15, 0.2) is 77.7 Å². The molecule has 202 valence electrons. The van der Waals surface area contributed by atoms with Gasteiger partial charge in [-0.25, -0.2) is 8.42 Å². The van der Waals surface area contributed by atoms with Crippen molar-refractivity contribution in [2.24, 2.45) is 0 Å². The number of carbonyl (C=O) groups excluding carboxylic acids is 2. The first kappa shape index (κ1) is 29.2. The Hall–Kier alpha value is -3.36. The van der Waals surface area contributed by atoms with Crippen LogP contribution < -0.4 is 9.62 Å². The highest BCUT2D eigenvalue weighted by atomic mass is 35.5. The lowest BCUT2D eigenvalue weighted by Crippen LogP contribution is -2.52. The number of amides is 2. The van der Waals surface area contributed by atoms with Crippen LogP contribution in [-0.2, 0) is 26.0 Å². The van der Waals surface area contributed by atoms with E-state index in [9.17, 15) is 18.0 Å². The standard InChI is InChI=1S/C29H34ClN3O4S/c1-5-31-29(35)23(4)32(19-18-24-10-7-6-8-11-24)28(34)20-33(27-13-9-12-26(30)22(27)3)38(36,37)25-16-14-21(2)15-17-25/h6-17,23H,5,18-20H2,1-4H3,(H,31,35). The van der Waals surface area contributed by atoms with Gasteiger partial charge >= 0.3 is 0 Å². The molecule has 38 heavy (non-hydrogen) atoms. The van der Waals surface area contributed by atoms with Crippen molar-refractivity contribution in [3.63, 3.8) is 0 Å². The Kier molecular flexibility index (Phi) is 9.94. The Morgan fingerprint density at radius 1 is 0.947 bits per heavy atom. The zero-order valence-electron chi connectivity index (χ0n) is 22.1. The molecule has 2 amide bonds. The topological polar surface area (TPSA) is 86.8 Å². The normalized spacial score (nSPS) is 12.0. The number of anilines is 1. The monoisotopic (exact) mass is 555 g/mol. The van der Waals surface area contributed by atoms with Crippen molar-refractivity contribution in [2.75, 3.05) is 23.9 Å². The van der Waals surface area contributed by atoms with Crippen molar-refractivity contribution in [3.05, 3.63) is 94.5 Å². The minimum atomic E-state index is -4.14. The molecule has 0 aromatic heterocycles. The number of hydrogen-bond acceptors (Lipinski definition) is 4. The van der Waals surface area contributed by atoms with E-state index in [1.165, 1.54) is 17.0 Å². The van der Waals surface area contributed by atoms with Crippen LogP contribution in [-0.4, -0.2) is 50.8 Å². The number of aryl methyl sites for hydroxylation is 1. The third kappa shape index (κ3) is 6.94. The summed E-state index contributed by atoms with van der Waals surface area (Å²) in [6.45, 7) is 7.20. The largest absolute Gasteiger partial charge is 0.355 e. The molecule has 3 aromatic carbocycles. The maximum atomic E-state index is 13.9. The summed E-state index contributed by atoms with van der Waals surface area (Å²) in [5.74, 6) is -0.796. The highest BCUT2D eigenvalue weighted by Gasteiger charge is 2.33. The fourth-order valence-electron chi connectivity index (χ4n) is 4.11. The molecule has 1 unspecified atom stereocenters. The summed E-state index contributed by atoms with van der Waals surface area (Å²) in [5.41, 5.74) is 2.75. The maximum absolute atomic E-state index is 13.9. The van der Waals surface area contributed by atoms with Gasteiger partial charge in [-0.3, -0.25) is 13.9 Å². The summed E-state index contributed by atoms with van der Waals surface area (Å²) in [7, 11) is -4.14. The minimum Gasteiger partial charge on any atom is -0.355 e. The van der Waals surface area contributed by atoms with Gasteiger partial charge in [0.1, 0.15) is 12.6 Å². The van der Waals surface area contributed by atoms with Gasteiger partial charge in [-0.05, 0) is 69.5 Å². The van der Waals surface area contributed by atoms with Gasteiger partial charge in [-0.2, -0.15) is 0 Å². The van der Waals surface area contributed by atoms with Crippen molar-refractivity contribution in [1.29, 1.82) is 0 Å². The molecule has 7 nitrogen and oxygen atoms in total. The van der Waals surface area contributed by atoms with E-state index < -0.39 is 28.5 Å². The lowest BCUT2D eigenvalue weighted by Gasteiger charge is -2.32. The summed E-state index contributed by atoms with van der Waals surface area (Å²) in [6.07, 6.45) is 0.511. The third-order valence-electron chi connectivity index (χ3n) is 6.40. The van der Waals surface area contributed by atoms with E-state index >= 15 is 0 Å². The summed E-state index contributed by atoms with van der Waals surface area (Å²) in [5, 5.41) is 3.14. The van der Waals surface area contributed by atoms with Gasteiger partial charge in [0.15, 0.2) is 0 Å². The molecule has 0 heterocycles. The molecule has 1 atom stereocenters. The smallest absolute Gasteiger partial charge is 0.264 e. The van der Waals surface area contributed by atoms with E-state index in [0.717, 1.165) is 15.4 Å². The highest BCUT2D eigenvalue weighted by molar-refractivity contribution is 7.92. The molecule has 3 rings (SSSR count). The first-order valence-electron chi connectivity index (χ1n) is 12.5. The number of sulfonamides is 1. The first-order chi connectivity index (χ1) is 18.1. The zero-order valence-corrected chi connectivity index (χ0v) is 23.7. The molecule has 0 saturated heterocycles. The number of hydrogen-bond donors (Lipinski definition) is 1. The fraction of sp³-hybridized carbons (Fsp3) is 0.310. The Balaban J connectivity index is 2.02. The number of benzene rings is 3. The number of nitrogens with zero attached hydrogens (tertiary/aromatic N) is 2. The van der Waals surface area contributed by atoms with Gasteiger partial charge in [0.05, 0.1) is 10.6 Å². The van der Waals surface area contributed by atoms with Crippen molar-refractivity contribution in [3.8, 4) is 0 Å². The Morgan fingerprint density at radius 2 is 1.61 bits per heavy atom. The van der Waals surface area contributed by atoms with Gasteiger partial charge in [-0.15, -0.1) is 0 Å². The summed E-state index contributed by atoms with van der Waals surface area (Å²) in [4.78, 5) is 28.1. The third-order valence-corrected chi connectivity index (χ3v) is 8.58. The number of likely N-dealkylation sites (N-methyl/N-ethyl adjacent to an activating group) is 1. The Morgan fingerprint density at radius 3 is 2.24 bits per heavy atom. The molecule has 0 aliphatic heterocycles. The number of halogens is 1. The van der Waals surface area contributed by atoms with Crippen LogP contribution in [0.1, 0.15) is 30.5 Å². The number of rotatable bonds is 11. The summed E-state index contributed by atoms with van der Waals surface area (Å²) < 4.78 is 28.9. The van der Waals surface area contributed by atoms with E-state index in [0.29, 0.717) is 29.2 Å². The quantitative estimate of drug-likeness (QED) is 0.370. The Bertz CT molecular complexity index is 1360. The molecular formula is C29H34ClN3O4S. The van der Waals surface area contributed by atoms with E-state index in [1.807, 2.05) is 37.3 Å². The van der Waals surface area contributed by atoms with Crippen LogP contribution in [0.25, 0.3) is 0 Å². The maximum Gasteiger partial charge on any atom is 0.264 e. The lowest BCUT2D eigenvalue weighted by atomic mass is 10.1. The second-order valence-corrected chi connectivity index (χ2v) is 11.4. The van der Waals surface area contributed by atoms with Gasteiger partial charge in [0, 0.05) is 18.1 Å². The van der Waals surface area contributed by atoms with Gasteiger partial charge in [-0.1, -0.05) is 65.7 Å². The van der Waals surface area contributed by atoms with Crippen molar-refractivity contribution in [2.45, 2.75) is 45.1 Å². The molecule has 3 aromatic rings. The average molecular weight is 556 g/mol. The van der Waals surface area contributed by atoms with E-state index in [1.54, 1.807) is 51.1 Å². The molecule has 0 aliphatic carbocycles. The molecule has 0 spiro atoms. The summed E-state index contributed by atoms with van der Waals surface area (Å²) >= 11 is 6.35. The van der Waals surface area contributed by atoms with Crippen LogP contribution >= 0.6 is 11.6 Å². The van der Waals surface area contributed by atoms with Crippen molar-refractivity contribution < 1.29 is 18.0 Å². The second-order valence-electron chi connectivity index (χ2n) is 9.10. The van der Waals surface area contributed by atoms with Crippen LogP contribution in [0, 0.1) is 13.8 Å².